The molecule has 1 aliphatic heterocycles. The lowest BCUT2D eigenvalue weighted by atomic mass is 10.2. The van der Waals surface area contributed by atoms with E-state index in [1.54, 1.807) is 17.2 Å². The number of aromatic nitrogens is 1. The van der Waals surface area contributed by atoms with Gasteiger partial charge in [0, 0.05) is 30.3 Å². The van der Waals surface area contributed by atoms with Gasteiger partial charge in [0.05, 0.1) is 0 Å². The van der Waals surface area contributed by atoms with Crippen molar-refractivity contribution in [1.82, 2.24) is 15.2 Å². The Balaban J connectivity index is 0.00000144. The highest BCUT2D eigenvalue weighted by Crippen LogP contribution is 2.17. The van der Waals surface area contributed by atoms with Gasteiger partial charge < -0.3 is 10.2 Å². The molecular formula is C11H15BrClN3O. The van der Waals surface area contributed by atoms with Crippen LogP contribution in [0.5, 0.6) is 0 Å². The summed E-state index contributed by atoms with van der Waals surface area (Å²) in [5, 5.41) is 3.25. The van der Waals surface area contributed by atoms with E-state index in [-0.39, 0.29) is 24.4 Å². The first kappa shape index (κ1) is 14.4. The summed E-state index contributed by atoms with van der Waals surface area (Å²) in [7, 11) is 1.83. The summed E-state index contributed by atoms with van der Waals surface area (Å²) in [6.07, 6.45) is 2.64. The lowest BCUT2D eigenvalue weighted by Crippen LogP contribution is -2.38. The molecule has 1 amide bonds. The first-order valence-corrected chi connectivity index (χ1v) is 6.08. The van der Waals surface area contributed by atoms with Crippen molar-refractivity contribution in [3.8, 4) is 0 Å². The number of nitrogens with zero attached hydrogens (tertiary/aromatic N) is 2. The number of halogens is 2. The van der Waals surface area contributed by atoms with Crippen LogP contribution >= 0.6 is 28.3 Å². The van der Waals surface area contributed by atoms with Crippen molar-refractivity contribution in [3.63, 3.8) is 0 Å². The van der Waals surface area contributed by atoms with Gasteiger partial charge in [0.15, 0.2) is 0 Å². The maximum Gasteiger partial charge on any atom is 0.273 e. The van der Waals surface area contributed by atoms with Gasteiger partial charge in [-0.3, -0.25) is 4.79 Å². The summed E-state index contributed by atoms with van der Waals surface area (Å²) in [5.74, 6) is -0.0267. The minimum atomic E-state index is -0.0267. The Morgan fingerprint density at radius 1 is 1.65 bits per heavy atom. The Bertz CT molecular complexity index is 396. The van der Waals surface area contributed by atoms with E-state index in [1.807, 2.05) is 13.1 Å². The van der Waals surface area contributed by atoms with Crippen molar-refractivity contribution in [3.05, 3.63) is 28.5 Å². The molecule has 6 heteroatoms. The average molecular weight is 321 g/mol. The molecule has 0 bridgehead atoms. The van der Waals surface area contributed by atoms with Crippen molar-refractivity contribution in [2.45, 2.75) is 12.5 Å². The zero-order chi connectivity index (χ0) is 11.5. The molecule has 2 heterocycles. The van der Waals surface area contributed by atoms with Crippen molar-refractivity contribution >= 4 is 34.2 Å². The molecule has 1 N–H and O–H groups in total. The Hall–Kier alpha value is -0.650. The van der Waals surface area contributed by atoms with Gasteiger partial charge >= 0.3 is 0 Å². The summed E-state index contributed by atoms with van der Waals surface area (Å²) in [6.45, 7) is 1.85. The topological polar surface area (TPSA) is 45.2 Å². The second kappa shape index (κ2) is 6.33. The fraction of sp³-hybridized carbons (Fsp3) is 0.455. The number of nitrogens with one attached hydrogen (secondary N) is 1. The average Bonchev–Trinajstić information content (AvgIpc) is 2.81. The highest BCUT2D eigenvalue weighted by Gasteiger charge is 2.25. The molecule has 1 atom stereocenters. The highest BCUT2D eigenvalue weighted by molar-refractivity contribution is 9.10. The second-order valence-electron chi connectivity index (χ2n) is 3.90. The number of rotatable bonds is 2. The molecule has 17 heavy (non-hydrogen) atoms. The third-order valence-corrected chi connectivity index (χ3v) is 3.50. The minimum Gasteiger partial charge on any atom is -0.336 e. The first-order chi connectivity index (χ1) is 7.70. The molecule has 0 aliphatic carbocycles. The Kier molecular flexibility index (Phi) is 5.36. The van der Waals surface area contributed by atoms with Crippen LogP contribution in [0, 0.1) is 0 Å². The standard InChI is InChI=1S/C11H14BrN3O.ClH/c1-15(8-4-6-13-7-8)11(16)10-9(12)3-2-5-14-10;/h2-3,5,8,13H,4,6-7H2,1H3;1H. The number of carbonyl (C=O) groups is 1. The predicted octanol–water partition coefficient (Wildman–Crippen LogP) is 1.70. The molecule has 1 aliphatic rings. The predicted molar refractivity (Wildman–Crippen MR) is 72.6 cm³/mol. The summed E-state index contributed by atoms with van der Waals surface area (Å²) >= 11 is 3.35. The van der Waals surface area contributed by atoms with E-state index in [4.69, 9.17) is 0 Å². The number of carbonyl (C=O) groups excluding carboxylic acids is 1. The van der Waals surface area contributed by atoms with Gasteiger partial charge in [0.25, 0.3) is 5.91 Å². The molecule has 1 saturated heterocycles. The summed E-state index contributed by atoms with van der Waals surface area (Å²) in [4.78, 5) is 18.0. The fourth-order valence-electron chi connectivity index (χ4n) is 1.85. The van der Waals surface area contributed by atoms with Crippen molar-refractivity contribution in [2.24, 2.45) is 0 Å². The smallest absolute Gasteiger partial charge is 0.273 e. The third-order valence-electron chi connectivity index (χ3n) is 2.86. The molecule has 1 aromatic rings. The van der Waals surface area contributed by atoms with Crippen molar-refractivity contribution < 1.29 is 4.79 Å². The van der Waals surface area contributed by atoms with Gasteiger partial charge in [0.2, 0.25) is 0 Å². The summed E-state index contributed by atoms with van der Waals surface area (Å²) in [5.41, 5.74) is 0.483. The van der Waals surface area contributed by atoms with E-state index in [0.717, 1.165) is 24.0 Å². The van der Waals surface area contributed by atoms with Crippen LogP contribution in [0.4, 0.5) is 0 Å². The second-order valence-corrected chi connectivity index (χ2v) is 4.75. The molecule has 94 valence electrons. The monoisotopic (exact) mass is 319 g/mol. The Morgan fingerprint density at radius 3 is 3.00 bits per heavy atom. The third kappa shape index (κ3) is 3.18. The fourth-order valence-corrected chi connectivity index (χ4v) is 2.27. The van der Waals surface area contributed by atoms with Crippen LogP contribution in [0.1, 0.15) is 16.9 Å². The Morgan fingerprint density at radius 2 is 2.41 bits per heavy atom. The van der Waals surface area contributed by atoms with E-state index in [1.165, 1.54) is 0 Å². The van der Waals surface area contributed by atoms with Crippen LogP contribution in [0.2, 0.25) is 0 Å². The van der Waals surface area contributed by atoms with Crippen LogP contribution in [-0.2, 0) is 0 Å². The molecule has 1 fully saturated rings. The van der Waals surface area contributed by atoms with E-state index in [0.29, 0.717) is 5.69 Å². The maximum atomic E-state index is 12.2. The molecule has 4 nitrogen and oxygen atoms in total. The molecule has 0 spiro atoms. The molecule has 1 aromatic heterocycles. The number of pyridine rings is 1. The Labute approximate surface area is 115 Å². The van der Waals surface area contributed by atoms with Gasteiger partial charge in [-0.25, -0.2) is 4.98 Å². The summed E-state index contributed by atoms with van der Waals surface area (Å²) < 4.78 is 0.748. The molecule has 1 unspecified atom stereocenters. The molecule has 0 saturated carbocycles. The maximum absolute atomic E-state index is 12.2. The van der Waals surface area contributed by atoms with Gasteiger partial charge in [-0.15, -0.1) is 12.4 Å². The SMILES string of the molecule is CN(C(=O)c1ncccc1Br)C1CCNC1.Cl. The summed E-state index contributed by atoms with van der Waals surface area (Å²) in [6, 6.07) is 3.92. The van der Waals surface area contributed by atoms with Crippen LogP contribution in [-0.4, -0.2) is 42.0 Å². The van der Waals surface area contributed by atoms with E-state index < -0.39 is 0 Å². The quantitative estimate of drug-likeness (QED) is 0.902. The van der Waals surface area contributed by atoms with Gasteiger partial charge in [-0.1, -0.05) is 0 Å². The number of likely N-dealkylation sites (N-methyl/N-ethyl adjacent to an activating group) is 1. The van der Waals surface area contributed by atoms with Crippen LogP contribution in [0.3, 0.4) is 0 Å². The van der Waals surface area contributed by atoms with Gasteiger partial charge in [-0.2, -0.15) is 0 Å². The normalized spacial score (nSPS) is 18.6. The molecule has 2 rings (SSSR count). The van der Waals surface area contributed by atoms with Crippen LogP contribution in [0.15, 0.2) is 22.8 Å². The molecule has 0 radical (unpaired) electrons. The number of hydrogen-bond donors (Lipinski definition) is 1. The molecule has 0 aromatic carbocycles. The largest absolute Gasteiger partial charge is 0.336 e. The first-order valence-electron chi connectivity index (χ1n) is 5.28. The van der Waals surface area contributed by atoms with E-state index >= 15 is 0 Å². The minimum absolute atomic E-state index is 0. The zero-order valence-electron chi connectivity index (χ0n) is 9.52. The lowest BCUT2D eigenvalue weighted by molar-refractivity contribution is 0.0737. The van der Waals surface area contributed by atoms with E-state index in [9.17, 15) is 4.79 Å². The highest BCUT2D eigenvalue weighted by atomic mass is 79.9. The van der Waals surface area contributed by atoms with Crippen molar-refractivity contribution in [2.75, 3.05) is 20.1 Å². The van der Waals surface area contributed by atoms with Gasteiger partial charge in [-0.05, 0) is 41.0 Å². The van der Waals surface area contributed by atoms with Crippen molar-refractivity contribution in [1.29, 1.82) is 0 Å². The van der Waals surface area contributed by atoms with Gasteiger partial charge in [0.1, 0.15) is 5.69 Å². The molecular weight excluding hydrogens is 305 g/mol. The van der Waals surface area contributed by atoms with Crippen LogP contribution in [0.25, 0.3) is 0 Å². The number of amides is 1. The van der Waals surface area contributed by atoms with E-state index in [2.05, 4.69) is 26.2 Å². The zero-order valence-corrected chi connectivity index (χ0v) is 11.9. The lowest BCUT2D eigenvalue weighted by Gasteiger charge is -2.23. The van der Waals surface area contributed by atoms with Crippen LogP contribution < -0.4 is 5.32 Å². The number of hydrogen-bond acceptors (Lipinski definition) is 3.